The number of aliphatic imine (C=N–C) groups is 2. The van der Waals surface area contributed by atoms with Crippen LogP contribution in [0.15, 0.2) is 9.98 Å². The molecule has 43 nitrogen and oxygen atoms in total. The van der Waals surface area contributed by atoms with Crippen LogP contribution < -0.4 is 98.6 Å². The van der Waals surface area contributed by atoms with Gasteiger partial charge in [0.2, 0.25) is 88.6 Å². The number of carbonyl (C=O) groups excluding carboxylic acids is 15. The van der Waals surface area contributed by atoms with Gasteiger partial charge >= 0.3 is 11.9 Å². The highest BCUT2D eigenvalue weighted by Crippen LogP contribution is 2.21. The molecule has 0 unspecified atom stereocenters. The molecule has 0 aromatic rings. The zero-order valence-corrected chi connectivity index (χ0v) is 57.7. The van der Waals surface area contributed by atoms with Gasteiger partial charge in [-0.2, -0.15) is 0 Å². The van der Waals surface area contributed by atoms with Crippen LogP contribution in [-0.2, 0) is 81.5 Å². The average Bonchev–Trinajstić information content (AvgIpc) is 1.76. The third kappa shape index (κ3) is 30.3. The molecule has 10 atom stereocenters. The highest BCUT2D eigenvalue weighted by molar-refractivity contribution is 6.00. The summed E-state index contributed by atoms with van der Waals surface area (Å²) in [6, 6.07) is -13.8. The largest absolute Gasteiger partial charge is 0.481 e. The van der Waals surface area contributed by atoms with E-state index in [1.807, 2.05) is 0 Å². The molecule has 0 radical (unpaired) electrons. The van der Waals surface area contributed by atoms with E-state index in [9.17, 15) is 96.8 Å². The Morgan fingerprint density at radius 1 is 0.447 bits per heavy atom. The highest BCUT2D eigenvalue weighted by Gasteiger charge is 2.41. The van der Waals surface area contributed by atoms with Crippen molar-refractivity contribution in [3.63, 3.8) is 0 Å². The van der Waals surface area contributed by atoms with Crippen LogP contribution >= 0.6 is 0 Å². The molecule has 3 saturated heterocycles. The number of amides is 15. The summed E-state index contributed by atoms with van der Waals surface area (Å²) in [5.74, 6) is -17.3. The van der Waals surface area contributed by atoms with E-state index >= 15 is 0 Å². The molecular formula is C60H101N23O20. The van der Waals surface area contributed by atoms with Crippen molar-refractivity contribution in [3.05, 3.63) is 0 Å². The summed E-state index contributed by atoms with van der Waals surface area (Å²) >= 11 is 0. The molecule has 3 aliphatic heterocycles. The van der Waals surface area contributed by atoms with E-state index in [0.29, 0.717) is 38.6 Å². The fourth-order valence-electron chi connectivity index (χ4n) is 11.3. The maximum Gasteiger partial charge on any atom is 0.326 e. The summed E-state index contributed by atoms with van der Waals surface area (Å²) in [4.78, 5) is 235. The van der Waals surface area contributed by atoms with Crippen molar-refractivity contribution in [1.29, 1.82) is 0 Å². The van der Waals surface area contributed by atoms with Crippen molar-refractivity contribution < 1.29 is 96.8 Å². The number of aliphatic carboxylic acids is 2. The Balaban J connectivity index is 1.62. The lowest BCUT2D eigenvalue weighted by Gasteiger charge is -2.28. The van der Waals surface area contributed by atoms with Gasteiger partial charge in [0.1, 0.15) is 60.4 Å². The molecular weight excluding hydrogens is 1360 g/mol. The predicted octanol–water partition coefficient (Wildman–Crippen LogP) is -11.5. The molecule has 15 amide bonds. The molecule has 0 aromatic heterocycles. The molecule has 3 heterocycles. The summed E-state index contributed by atoms with van der Waals surface area (Å²) in [5.41, 5.74) is 38.1. The topological polar surface area (TPSA) is 700 Å². The summed E-state index contributed by atoms with van der Waals surface area (Å²) in [7, 11) is 0. The normalized spacial score (nSPS) is 17.4. The Hall–Kier alpha value is -10.6. The van der Waals surface area contributed by atoms with Gasteiger partial charge in [-0.1, -0.05) is 13.8 Å². The maximum atomic E-state index is 13.9. The van der Waals surface area contributed by atoms with Crippen molar-refractivity contribution in [2.24, 2.45) is 56.0 Å². The molecule has 3 aliphatic rings. The van der Waals surface area contributed by atoms with Crippen LogP contribution in [0.1, 0.15) is 117 Å². The van der Waals surface area contributed by atoms with Crippen LogP contribution in [0.4, 0.5) is 0 Å². The first kappa shape index (κ1) is 86.6. The zero-order valence-electron chi connectivity index (χ0n) is 57.7. The van der Waals surface area contributed by atoms with E-state index < -0.39 is 219 Å². The molecule has 0 saturated carbocycles. The number of carboxylic acids is 2. The van der Waals surface area contributed by atoms with Gasteiger partial charge in [0.15, 0.2) is 11.9 Å². The SMILES string of the molecule is CC(C)[C@H](NC(=O)CNC(=O)[C@H](CCC(N)=O)NC(=O)[C@@H]1CCCN1C(=O)CNC(=O)[C@H](CO)NC(=O)[C@@H]1CCCN1C(=O)CNC(=O)[C@H](CCCN=C(N)N)NC(=O)[C@@H]1CCCN1C(=O)CN)C(=O)N[C@@H](CCCN=C(N)N)C(=O)NCC(=O)N[C@@H](CC(=O)O)C(=O)N[C@@H](CCCCN)C(=O)O. The zero-order chi connectivity index (χ0) is 77.0. The molecule has 3 fully saturated rings. The summed E-state index contributed by atoms with van der Waals surface area (Å²) in [6.07, 6.45) is 0.610. The van der Waals surface area contributed by atoms with E-state index in [-0.39, 0.29) is 103 Å². The molecule has 0 aliphatic carbocycles. The predicted molar refractivity (Wildman–Crippen MR) is 362 cm³/mol. The first-order chi connectivity index (χ1) is 48.7. The number of primary amides is 1. The number of aliphatic hydroxyl groups is 1. The molecule has 0 spiro atoms. The van der Waals surface area contributed by atoms with E-state index in [4.69, 9.17) is 40.1 Å². The fourth-order valence-corrected chi connectivity index (χ4v) is 11.3. The molecule has 0 aromatic carbocycles. The monoisotopic (exact) mass is 1460 g/mol. The Bertz CT molecular complexity index is 3090. The van der Waals surface area contributed by atoms with Crippen molar-refractivity contribution in [2.45, 2.75) is 177 Å². The molecule has 103 heavy (non-hydrogen) atoms. The number of guanidine groups is 2. The number of likely N-dealkylation sites (tertiary alicyclic amines) is 3. The summed E-state index contributed by atoms with van der Waals surface area (Å²) in [6.45, 7) is -0.703. The number of carboxylic acid groups (broad SMARTS) is 2. The first-order valence-electron chi connectivity index (χ1n) is 33.7. The van der Waals surface area contributed by atoms with Crippen LogP contribution in [0, 0.1) is 5.92 Å². The van der Waals surface area contributed by atoms with Crippen LogP contribution in [-0.4, -0.2) is 282 Å². The van der Waals surface area contributed by atoms with Gasteiger partial charge in [-0.25, -0.2) is 4.79 Å². The third-order valence-electron chi connectivity index (χ3n) is 16.6. The number of hydrogen-bond donors (Lipinski definition) is 21. The van der Waals surface area contributed by atoms with E-state index in [2.05, 4.69) is 68.5 Å². The van der Waals surface area contributed by atoms with Crippen molar-refractivity contribution in [2.75, 3.05) is 78.6 Å². The quantitative estimate of drug-likeness (QED) is 0.0153. The van der Waals surface area contributed by atoms with Crippen molar-refractivity contribution >= 4 is 112 Å². The molecule has 3 rings (SSSR count). The number of hydrogen-bond acceptors (Lipinski definition) is 22. The summed E-state index contributed by atoms with van der Waals surface area (Å²) < 4.78 is 0. The number of rotatable bonds is 45. The van der Waals surface area contributed by atoms with Gasteiger partial charge < -0.3 is 129 Å². The Labute approximate surface area is 592 Å². The molecule has 576 valence electrons. The maximum absolute atomic E-state index is 13.9. The van der Waals surface area contributed by atoms with Crippen LogP contribution in [0.5, 0.6) is 0 Å². The van der Waals surface area contributed by atoms with E-state index in [0.717, 1.165) is 9.80 Å². The second-order valence-electron chi connectivity index (χ2n) is 24.8. The second-order valence-corrected chi connectivity index (χ2v) is 24.8. The molecule has 28 N–H and O–H groups in total. The van der Waals surface area contributed by atoms with Gasteiger partial charge in [0.25, 0.3) is 0 Å². The first-order valence-corrected chi connectivity index (χ1v) is 33.7. The number of unbranched alkanes of at least 4 members (excludes halogenated alkanes) is 1. The van der Waals surface area contributed by atoms with Crippen molar-refractivity contribution in [3.8, 4) is 0 Å². The van der Waals surface area contributed by atoms with Gasteiger partial charge in [-0.05, 0) is 102 Å². The number of nitrogens with one attached hydrogen (secondary N) is 11. The lowest BCUT2D eigenvalue weighted by molar-refractivity contribution is -0.143. The summed E-state index contributed by atoms with van der Waals surface area (Å²) in [5, 5.41) is 55.4. The number of aliphatic hydroxyl groups excluding tert-OH is 1. The van der Waals surface area contributed by atoms with Crippen molar-refractivity contribution in [1.82, 2.24) is 73.2 Å². The van der Waals surface area contributed by atoms with Crippen LogP contribution in [0.2, 0.25) is 0 Å². The fraction of sp³-hybridized carbons (Fsp3) is 0.683. The van der Waals surface area contributed by atoms with Gasteiger partial charge in [0, 0.05) is 39.1 Å². The number of nitrogens with zero attached hydrogens (tertiary/aromatic N) is 5. The smallest absolute Gasteiger partial charge is 0.326 e. The average molecular weight is 1460 g/mol. The van der Waals surface area contributed by atoms with Gasteiger partial charge in [-0.15, -0.1) is 0 Å². The van der Waals surface area contributed by atoms with Gasteiger partial charge in [-0.3, -0.25) is 86.7 Å². The molecule has 0 bridgehead atoms. The van der Waals surface area contributed by atoms with Crippen LogP contribution in [0.25, 0.3) is 0 Å². The van der Waals surface area contributed by atoms with E-state index in [1.54, 1.807) is 0 Å². The minimum atomic E-state index is -1.79. The number of nitrogens with two attached hydrogens (primary N) is 7. The highest BCUT2D eigenvalue weighted by atomic mass is 16.4. The third-order valence-corrected chi connectivity index (χ3v) is 16.6. The number of carbonyl (C=O) groups is 17. The lowest BCUT2D eigenvalue weighted by atomic mass is 10.0. The molecule has 43 heteroatoms. The minimum Gasteiger partial charge on any atom is -0.481 e. The van der Waals surface area contributed by atoms with Crippen LogP contribution in [0.3, 0.4) is 0 Å². The second kappa shape index (κ2) is 44.6. The standard InChI is InChI=1S/C60H101N23O20/c1-31(2)48(57(101)77-33(12-6-20-69-60(66)67)49(93)70-26-42(86)74-36(24-47(91)92)53(97)78-35(58(102)103)10-3-4-18-61)80-43(87)27-71-51(95)34(16-17-41(63)85)76-55(99)39-14-8-22-82(39)46(90)29-73-52(96)37(30-84)79-56(100)40-15-9-23-83(40)45(89)28-72-50(94)32(11-5-19-68-59(64)65)75-54(98)38-13-7-21-81(38)44(88)25-62/h31-40,48,84H,3-30,61-62H2,1-2H3,(H2,63,85)(H,70,93)(H,71,95)(H,72,94)(H,73,96)(H,74,86)(H,75,98)(H,76,99)(H,77,101)(H,78,97)(H,79,100)(H,80,87)(H,91,92)(H,102,103)(H4,64,65,68)(H4,66,67,69)/t32-,33-,34-,35-,36-,37-,38-,39-,40-,48-/m0/s1. The Morgan fingerprint density at radius 3 is 1.25 bits per heavy atom. The van der Waals surface area contributed by atoms with Gasteiger partial charge in [0.05, 0.1) is 45.8 Å². The minimum absolute atomic E-state index is 0.0122. The lowest BCUT2D eigenvalue weighted by Crippen LogP contribution is -2.58. The van der Waals surface area contributed by atoms with E-state index in [1.165, 1.54) is 18.7 Å². The Morgan fingerprint density at radius 2 is 0.845 bits per heavy atom. The Kier molecular flexibility index (Phi) is 37.5.